The number of carbonyl (C=O) groups is 2. The highest BCUT2D eigenvalue weighted by Crippen LogP contribution is 2.22. The van der Waals surface area contributed by atoms with Crippen molar-refractivity contribution in [3.63, 3.8) is 0 Å². The van der Waals surface area contributed by atoms with Crippen molar-refractivity contribution in [1.29, 1.82) is 0 Å². The number of ether oxygens (including phenoxy) is 1. The van der Waals surface area contributed by atoms with Gasteiger partial charge >= 0.3 is 5.97 Å². The van der Waals surface area contributed by atoms with Crippen LogP contribution in [0.2, 0.25) is 0 Å². The summed E-state index contributed by atoms with van der Waals surface area (Å²) in [7, 11) is 0. The molecule has 2 aromatic rings. The molecule has 21 heavy (non-hydrogen) atoms. The van der Waals surface area contributed by atoms with Crippen molar-refractivity contribution in [3.05, 3.63) is 24.0 Å². The van der Waals surface area contributed by atoms with Crippen molar-refractivity contribution in [2.24, 2.45) is 0 Å². The molecule has 0 saturated carbocycles. The Labute approximate surface area is 120 Å². The van der Waals surface area contributed by atoms with Crippen LogP contribution in [0.3, 0.4) is 0 Å². The molecule has 1 amide bonds. The molecule has 2 atom stereocenters. The van der Waals surface area contributed by atoms with E-state index in [2.05, 4.69) is 15.3 Å². The smallest absolute Gasteiger partial charge is 0.332 e. The van der Waals surface area contributed by atoms with E-state index in [-0.39, 0.29) is 5.91 Å². The van der Waals surface area contributed by atoms with Crippen molar-refractivity contribution in [3.8, 4) is 0 Å². The number of nitrogens with zero attached hydrogens (tertiary/aromatic N) is 1. The normalized spacial score (nSPS) is 21.6. The highest BCUT2D eigenvalue weighted by Gasteiger charge is 2.34. The lowest BCUT2D eigenvalue weighted by atomic mass is 10.2. The monoisotopic (exact) mass is 289 g/mol. The molecule has 1 aliphatic rings. The maximum atomic E-state index is 12.1. The summed E-state index contributed by atoms with van der Waals surface area (Å²) in [4.78, 5) is 30.3. The van der Waals surface area contributed by atoms with Gasteiger partial charge in [0.2, 0.25) is 0 Å². The summed E-state index contributed by atoms with van der Waals surface area (Å²) in [6, 6.07) is 5.35. The van der Waals surface area contributed by atoms with Crippen molar-refractivity contribution in [1.82, 2.24) is 9.97 Å². The number of aliphatic carboxylic acids is 1. The van der Waals surface area contributed by atoms with Crippen molar-refractivity contribution in [2.75, 3.05) is 5.32 Å². The first-order chi connectivity index (χ1) is 10.0. The number of hydrogen-bond acceptors (Lipinski definition) is 4. The van der Waals surface area contributed by atoms with Crippen LogP contribution in [0.1, 0.15) is 18.7 Å². The van der Waals surface area contributed by atoms with E-state index in [1.807, 2.05) is 13.0 Å². The third-order valence-electron chi connectivity index (χ3n) is 3.46. The number of aromatic amines is 1. The lowest BCUT2D eigenvalue weighted by molar-refractivity contribution is -0.150. The average Bonchev–Trinajstić information content (AvgIpc) is 3.03. The molecule has 1 aliphatic heterocycles. The summed E-state index contributed by atoms with van der Waals surface area (Å²) in [6.07, 6.45) is -0.843. The molecule has 1 saturated heterocycles. The maximum absolute atomic E-state index is 12.1. The van der Waals surface area contributed by atoms with Crippen molar-refractivity contribution < 1.29 is 19.4 Å². The lowest BCUT2D eigenvalue weighted by Crippen LogP contribution is -2.29. The number of imidazole rings is 1. The molecular weight excluding hydrogens is 274 g/mol. The maximum Gasteiger partial charge on any atom is 0.332 e. The van der Waals surface area contributed by atoms with E-state index in [1.54, 1.807) is 12.1 Å². The lowest BCUT2D eigenvalue weighted by Gasteiger charge is -2.11. The second kappa shape index (κ2) is 5.17. The molecular formula is C14H15N3O4. The topological polar surface area (TPSA) is 104 Å². The standard InChI is InChI=1S/C14H15N3O4/c1-7-15-9-3-2-8(6-10(9)16-7)17-13(18)11-4-5-12(21-11)14(19)20/h2-3,6,11-12H,4-5H2,1H3,(H,15,16)(H,17,18)(H,19,20). The van der Waals surface area contributed by atoms with Crippen LogP contribution in [0, 0.1) is 6.92 Å². The molecule has 2 unspecified atom stereocenters. The largest absolute Gasteiger partial charge is 0.479 e. The average molecular weight is 289 g/mol. The van der Waals surface area contributed by atoms with E-state index in [1.165, 1.54) is 0 Å². The quantitative estimate of drug-likeness (QED) is 0.793. The second-order valence-corrected chi connectivity index (χ2v) is 5.07. The Kier molecular flexibility index (Phi) is 3.34. The van der Waals surface area contributed by atoms with Crippen LogP contribution in [0.25, 0.3) is 11.0 Å². The highest BCUT2D eigenvalue weighted by molar-refractivity contribution is 5.96. The van der Waals surface area contributed by atoms with E-state index in [4.69, 9.17) is 9.84 Å². The molecule has 3 N–H and O–H groups in total. The predicted molar refractivity (Wildman–Crippen MR) is 75.0 cm³/mol. The van der Waals surface area contributed by atoms with Gasteiger partial charge in [0.15, 0.2) is 6.10 Å². The van der Waals surface area contributed by atoms with Gasteiger partial charge in [-0.15, -0.1) is 0 Å². The molecule has 0 bridgehead atoms. The fourth-order valence-electron chi connectivity index (χ4n) is 2.45. The number of aryl methyl sites for hydroxylation is 1. The van der Waals surface area contributed by atoms with E-state index in [0.29, 0.717) is 18.5 Å². The van der Waals surface area contributed by atoms with Gasteiger partial charge in [-0.3, -0.25) is 4.79 Å². The molecule has 1 fully saturated rings. The summed E-state index contributed by atoms with van der Waals surface area (Å²) in [5.41, 5.74) is 2.29. The highest BCUT2D eigenvalue weighted by atomic mass is 16.5. The van der Waals surface area contributed by atoms with Crippen LogP contribution >= 0.6 is 0 Å². The Morgan fingerprint density at radius 1 is 1.38 bits per heavy atom. The number of nitrogens with one attached hydrogen (secondary N) is 2. The number of benzene rings is 1. The van der Waals surface area contributed by atoms with Gasteiger partial charge in [-0.2, -0.15) is 0 Å². The number of anilines is 1. The fourth-order valence-corrected chi connectivity index (χ4v) is 2.45. The third-order valence-corrected chi connectivity index (χ3v) is 3.46. The van der Waals surface area contributed by atoms with Gasteiger partial charge in [-0.1, -0.05) is 0 Å². The number of carboxylic acids is 1. The van der Waals surface area contributed by atoms with E-state index in [0.717, 1.165) is 16.9 Å². The van der Waals surface area contributed by atoms with Gasteiger partial charge < -0.3 is 20.1 Å². The van der Waals surface area contributed by atoms with Gasteiger partial charge in [-0.25, -0.2) is 9.78 Å². The summed E-state index contributed by atoms with van der Waals surface area (Å²) in [5.74, 6) is -0.550. The minimum absolute atomic E-state index is 0.325. The molecule has 0 aliphatic carbocycles. The Hall–Kier alpha value is -2.41. The first kappa shape index (κ1) is 13.6. The predicted octanol–water partition coefficient (Wildman–Crippen LogP) is 1.44. The van der Waals surface area contributed by atoms with Crippen LogP contribution in [-0.2, 0) is 14.3 Å². The summed E-state index contributed by atoms with van der Waals surface area (Å²) < 4.78 is 5.22. The Morgan fingerprint density at radius 3 is 2.86 bits per heavy atom. The number of amides is 1. The van der Waals surface area contributed by atoms with Crippen LogP contribution in [0.4, 0.5) is 5.69 Å². The first-order valence-electron chi connectivity index (χ1n) is 6.68. The Bertz CT molecular complexity index is 709. The van der Waals surface area contributed by atoms with Gasteiger partial charge in [0.05, 0.1) is 11.0 Å². The number of H-pyrrole nitrogens is 1. The number of aromatic nitrogens is 2. The Balaban J connectivity index is 1.70. The van der Waals surface area contributed by atoms with Gasteiger partial charge in [0, 0.05) is 5.69 Å². The molecule has 110 valence electrons. The number of fused-ring (bicyclic) bond motifs is 1. The van der Waals surface area contributed by atoms with Gasteiger partial charge in [-0.05, 0) is 38.0 Å². The number of carbonyl (C=O) groups excluding carboxylic acids is 1. The molecule has 1 aromatic heterocycles. The minimum Gasteiger partial charge on any atom is -0.479 e. The van der Waals surface area contributed by atoms with Gasteiger partial charge in [0.25, 0.3) is 5.91 Å². The van der Waals surface area contributed by atoms with Crippen LogP contribution in [0.5, 0.6) is 0 Å². The number of carboxylic acid groups (broad SMARTS) is 1. The van der Waals surface area contributed by atoms with E-state index < -0.39 is 18.2 Å². The van der Waals surface area contributed by atoms with Crippen LogP contribution in [0.15, 0.2) is 18.2 Å². The zero-order valence-corrected chi connectivity index (χ0v) is 11.4. The molecule has 3 rings (SSSR count). The summed E-state index contributed by atoms with van der Waals surface area (Å²) in [5, 5.41) is 11.6. The summed E-state index contributed by atoms with van der Waals surface area (Å²) >= 11 is 0. The SMILES string of the molecule is Cc1nc2ccc(NC(=O)C3CCC(C(=O)O)O3)cc2[nH]1. The second-order valence-electron chi connectivity index (χ2n) is 5.07. The Morgan fingerprint density at radius 2 is 2.14 bits per heavy atom. The first-order valence-corrected chi connectivity index (χ1v) is 6.68. The molecule has 1 aromatic carbocycles. The van der Waals surface area contributed by atoms with E-state index >= 15 is 0 Å². The molecule has 7 nitrogen and oxygen atoms in total. The van der Waals surface area contributed by atoms with Crippen LogP contribution in [-0.4, -0.2) is 39.2 Å². The van der Waals surface area contributed by atoms with E-state index in [9.17, 15) is 9.59 Å². The third kappa shape index (κ3) is 2.73. The zero-order valence-electron chi connectivity index (χ0n) is 11.4. The molecule has 0 spiro atoms. The van der Waals surface area contributed by atoms with Crippen LogP contribution < -0.4 is 5.32 Å². The molecule has 0 radical (unpaired) electrons. The molecule has 7 heteroatoms. The number of rotatable bonds is 3. The van der Waals surface area contributed by atoms with Crippen molar-refractivity contribution >= 4 is 28.6 Å². The van der Waals surface area contributed by atoms with Crippen molar-refractivity contribution in [2.45, 2.75) is 32.0 Å². The molecule has 2 heterocycles. The number of hydrogen-bond donors (Lipinski definition) is 3. The minimum atomic E-state index is -1.03. The fraction of sp³-hybridized carbons (Fsp3) is 0.357. The summed E-state index contributed by atoms with van der Waals surface area (Å²) in [6.45, 7) is 1.86. The zero-order chi connectivity index (χ0) is 15.0. The van der Waals surface area contributed by atoms with Gasteiger partial charge in [0.1, 0.15) is 11.9 Å².